The fraction of sp³-hybridized carbons (Fsp3) is 0.500. The van der Waals surface area contributed by atoms with Crippen molar-refractivity contribution in [2.45, 2.75) is 37.5 Å². The molecule has 6 N–H and O–H groups in total. The van der Waals surface area contributed by atoms with Crippen molar-refractivity contribution in [2.24, 2.45) is 5.73 Å². The van der Waals surface area contributed by atoms with Crippen LogP contribution in [0.5, 0.6) is 11.5 Å². The molecule has 1 aromatic rings. The first-order valence-corrected chi connectivity index (χ1v) is 8.56. The molecule has 10 nitrogen and oxygen atoms in total. The van der Waals surface area contributed by atoms with Crippen molar-refractivity contribution in [3.05, 3.63) is 23.3 Å². The summed E-state index contributed by atoms with van der Waals surface area (Å²) < 4.78 is 11.0. The van der Waals surface area contributed by atoms with Crippen LogP contribution in [0, 0.1) is 0 Å². The predicted octanol–water partition coefficient (Wildman–Crippen LogP) is -1.02. The van der Waals surface area contributed by atoms with Crippen LogP contribution in [-0.4, -0.2) is 75.8 Å². The number of aliphatic carboxylic acids is 1. The largest absolute Gasteiger partial charge is 0.535 e. The zero-order chi connectivity index (χ0) is 19.7. The van der Waals surface area contributed by atoms with E-state index in [1.807, 2.05) is 0 Å². The van der Waals surface area contributed by atoms with Crippen molar-refractivity contribution in [3.8, 4) is 11.5 Å². The molecule has 0 spiro atoms. The van der Waals surface area contributed by atoms with Gasteiger partial charge in [0, 0.05) is 13.1 Å². The van der Waals surface area contributed by atoms with Gasteiger partial charge in [-0.1, -0.05) is 6.07 Å². The van der Waals surface area contributed by atoms with E-state index in [9.17, 15) is 24.8 Å². The number of ether oxygens (including phenoxy) is 1. The minimum absolute atomic E-state index is 0.110. The average Bonchev–Trinajstić information content (AvgIpc) is 2.55. The number of aliphatic hydroxyl groups excluding tert-OH is 1. The number of hydrogen-bond donors (Lipinski definition) is 5. The Morgan fingerprint density at radius 2 is 2.07 bits per heavy atom. The van der Waals surface area contributed by atoms with Gasteiger partial charge in [-0.15, -0.1) is 0 Å². The molecular weight excluding hydrogens is 359 g/mol. The number of rotatable bonds is 7. The third-order valence-electron chi connectivity index (χ3n) is 4.67. The summed E-state index contributed by atoms with van der Waals surface area (Å²) in [6, 6.07) is 2.33. The standard InChI is InChI=1S/C16H21BN2O8/c18-10(5-12(20)21)15(22)19-6-9(7-19)26-11-2-1-8-3-4-17(25)27-14(8)13(11)16(23)24/h1-2,9-10,15,22,25H,3-7,18H2,(H,20,21)(H,23,24)/t10-,15?/m0/s1. The minimum atomic E-state index is -1.23. The summed E-state index contributed by atoms with van der Waals surface area (Å²) in [7, 11) is -1.06. The normalized spacial score (nSPS) is 19.4. The molecule has 0 aromatic heterocycles. The van der Waals surface area contributed by atoms with Gasteiger partial charge < -0.3 is 35.5 Å². The van der Waals surface area contributed by atoms with Crippen LogP contribution in [-0.2, 0) is 11.2 Å². The second-order valence-electron chi connectivity index (χ2n) is 6.71. The molecule has 0 aliphatic carbocycles. The number of carboxylic acids is 2. The van der Waals surface area contributed by atoms with Crippen LogP contribution in [0.1, 0.15) is 22.3 Å². The maximum absolute atomic E-state index is 11.7. The van der Waals surface area contributed by atoms with Crippen molar-refractivity contribution in [1.29, 1.82) is 0 Å². The van der Waals surface area contributed by atoms with Crippen LogP contribution >= 0.6 is 0 Å². The highest BCUT2D eigenvalue weighted by atomic mass is 16.5. The summed E-state index contributed by atoms with van der Waals surface area (Å²) in [4.78, 5) is 23.9. The lowest BCUT2D eigenvalue weighted by molar-refractivity contribution is -0.141. The highest BCUT2D eigenvalue weighted by molar-refractivity contribution is 6.44. The predicted molar refractivity (Wildman–Crippen MR) is 92.7 cm³/mol. The number of aryl methyl sites for hydroxylation is 1. The Kier molecular flexibility index (Phi) is 5.56. The van der Waals surface area contributed by atoms with Crippen LogP contribution in [0.15, 0.2) is 12.1 Å². The van der Waals surface area contributed by atoms with Gasteiger partial charge in [-0.25, -0.2) is 4.79 Å². The molecule has 2 atom stereocenters. The number of nitrogens with two attached hydrogens (primary N) is 1. The molecule has 2 aliphatic rings. The Labute approximate surface area is 155 Å². The van der Waals surface area contributed by atoms with Crippen LogP contribution in [0.3, 0.4) is 0 Å². The van der Waals surface area contributed by atoms with Crippen LogP contribution in [0.25, 0.3) is 0 Å². The van der Waals surface area contributed by atoms with Gasteiger partial charge in [0.1, 0.15) is 29.4 Å². The fourth-order valence-corrected chi connectivity index (χ4v) is 3.23. The van der Waals surface area contributed by atoms with Crippen molar-refractivity contribution in [2.75, 3.05) is 13.1 Å². The van der Waals surface area contributed by atoms with E-state index < -0.39 is 31.3 Å². The summed E-state index contributed by atoms with van der Waals surface area (Å²) in [6.07, 6.45) is -0.986. The number of benzene rings is 1. The fourth-order valence-electron chi connectivity index (χ4n) is 3.23. The quantitative estimate of drug-likeness (QED) is 0.370. The molecule has 3 rings (SSSR count). The molecule has 0 bridgehead atoms. The first-order valence-electron chi connectivity index (χ1n) is 8.56. The van der Waals surface area contributed by atoms with E-state index in [-0.39, 0.29) is 42.7 Å². The Morgan fingerprint density at radius 3 is 2.70 bits per heavy atom. The molecule has 0 amide bonds. The summed E-state index contributed by atoms with van der Waals surface area (Å²) in [5, 5.41) is 38.0. The Hall–Kier alpha value is -2.34. The Balaban J connectivity index is 1.67. The minimum Gasteiger partial charge on any atom is -0.535 e. The third-order valence-corrected chi connectivity index (χ3v) is 4.67. The second kappa shape index (κ2) is 7.73. The summed E-state index contributed by atoms with van der Waals surface area (Å²) in [5.74, 6) is -2.10. The van der Waals surface area contributed by atoms with E-state index in [2.05, 4.69) is 0 Å². The highest BCUT2D eigenvalue weighted by Crippen LogP contribution is 2.37. The van der Waals surface area contributed by atoms with Crippen molar-refractivity contribution in [1.82, 2.24) is 4.90 Å². The topological polar surface area (TPSA) is 163 Å². The zero-order valence-corrected chi connectivity index (χ0v) is 14.4. The van der Waals surface area contributed by atoms with E-state index in [0.717, 1.165) is 0 Å². The van der Waals surface area contributed by atoms with Crippen molar-refractivity contribution < 1.29 is 39.3 Å². The molecule has 2 heterocycles. The lowest BCUT2D eigenvalue weighted by atomic mass is 9.78. The van der Waals surface area contributed by atoms with Gasteiger partial charge in [-0.05, 0) is 24.4 Å². The van der Waals surface area contributed by atoms with Crippen LogP contribution in [0.2, 0.25) is 6.32 Å². The molecule has 146 valence electrons. The molecule has 2 aliphatic heterocycles. The summed E-state index contributed by atoms with van der Waals surface area (Å²) in [6.45, 7) is 0.544. The summed E-state index contributed by atoms with van der Waals surface area (Å²) in [5.41, 5.74) is 6.19. The molecule has 11 heteroatoms. The average molecular weight is 380 g/mol. The first kappa shape index (κ1) is 19.4. The molecule has 1 aromatic carbocycles. The van der Waals surface area contributed by atoms with Gasteiger partial charge in [-0.3, -0.25) is 9.69 Å². The van der Waals surface area contributed by atoms with E-state index in [1.54, 1.807) is 17.0 Å². The van der Waals surface area contributed by atoms with Gasteiger partial charge >= 0.3 is 19.1 Å². The number of aliphatic hydroxyl groups is 1. The van der Waals surface area contributed by atoms with Crippen molar-refractivity contribution in [3.63, 3.8) is 0 Å². The van der Waals surface area contributed by atoms with E-state index in [4.69, 9.17) is 20.2 Å². The van der Waals surface area contributed by atoms with E-state index >= 15 is 0 Å². The van der Waals surface area contributed by atoms with Gasteiger partial charge in [0.05, 0.1) is 12.5 Å². The van der Waals surface area contributed by atoms with Crippen LogP contribution in [0.4, 0.5) is 0 Å². The smallest absolute Gasteiger partial charge is 0.522 e. The van der Waals surface area contributed by atoms with Crippen LogP contribution < -0.4 is 15.1 Å². The number of hydrogen-bond acceptors (Lipinski definition) is 8. The number of likely N-dealkylation sites (tertiary alicyclic amines) is 1. The molecule has 0 saturated carbocycles. The first-order chi connectivity index (χ1) is 12.8. The van der Waals surface area contributed by atoms with Gasteiger partial charge in [-0.2, -0.15) is 0 Å². The maximum atomic E-state index is 11.7. The SMILES string of the molecule is N[C@@H](CC(=O)O)C(O)N1CC(Oc2ccc3c(c2C(=O)O)OB(O)CC3)C1. The number of carboxylic acid groups (broad SMARTS) is 2. The number of nitrogens with zero attached hydrogens (tertiary/aromatic N) is 1. The lowest BCUT2D eigenvalue weighted by Gasteiger charge is -2.43. The molecule has 1 unspecified atom stereocenters. The number of fused-ring (bicyclic) bond motifs is 1. The van der Waals surface area contributed by atoms with Gasteiger partial charge in [0.25, 0.3) is 0 Å². The van der Waals surface area contributed by atoms with E-state index in [0.29, 0.717) is 18.3 Å². The number of aromatic carboxylic acids is 1. The Morgan fingerprint density at radius 1 is 1.37 bits per heavy atom. The molecular formula is C16H21BN2O8. The Bertz CT molecular complexity index is 739. The highest BCUT2D eigenvalue weighted by Gasteiger charge is 2.37. The molecule has 1 fully saturated rings. The molecule has 27 heavy (non-hydrogen) atoms. The van der Waals surface area contributed by atoms with E-state index in [1.165, 1.54) is 0 Å². The van der Waals surface area contributed by atoms with Gasteiger partial charge in [0.2, 0.25) is 0 Å². The molecule has 0 radical (unpaired) electrons. The summed E-state index contributed by atoms with van der Waals surface area (Å²) >= 11 is 0. The monoisotopic (exact) mass is 380 g/mol. The zero-order valence-electron chi connectivity index (χ0n) is 14.4. The third kappa shape index (κ3) is 4.16. The second-order valence-corrected chi connectivity index (χ2v) is 6.71. The lowest BCUT2D eigenvalue weighted by Crippen LogP contribution is -2.62. The van der Waals surface area contributed by atoms with Crippen molar-refractivity contribution >= 4 is 19.1 Å². The maximum Gasteiger partial charge on any atom is 0.522 e. The number of carbonyl (C=O) groups is 2. The van der Waals surface area contributed by atoms with Gasteiger partial charge in [0.15, 0.2) is 0 Å². The molecule has 1 saturated heterocycles.